The van der Waals surface area contributed by atoms with E-state index in [1.54, 1.807) is 12.1 Å². The fourth-order valence-electron chi connectivity index (χ4n) is 1.92. The van der Waals surface area contributed by atoms with Gasteiger partial charge in [-0.15, -0.1) is 0 Å². The second-order valence-corrected chi connectivity index (χ2v) is 5.58. The Labute approximate surface area is 132 Å². The Kier molecular flexibility index (Phi) is 4.96. The van der Waals surface area contributed by atoms with Crippen LogP contribution in [0.5, 0.6) is 11.5 Å². The first-order valence-corrected chi connectivity index (χ1v) is 7.74. The average Bonchev–Trinajstić information content (AvgIpc) is 2.48. The van der Waals surface area contributed by atoms with Crippen LogP contribution in [-0.2, 0) is 5.33 Å². The summed E-state index contributed by atoms with van der Waals surface area (Å²) in [6, 6.07) is 12.6. The van der Waals surface area contributed by atoms with Gasteiger partial charge in [-0.25, -0.2) is 0 Å². The molecular weight excluding hydrogens is 334 g/mol. The number of alkyl halides is 1. The number of benzene rings is 2. The van der Waals surface area contributed by atoms with Gasteiger partial charge in [0.25, 0.3) is 0 Å². The maximum absolute atomic E-state index is 11.1. The minimum atomic E-state index is -0.427. The maximum atomic E-state index is 11.1. The molecule has 0 bridgehead atoms. The van der Waals surface area contributed by atoms with Crippen molar-refractivity contribution in [3.63, 3.8) is 0 Å². The van der Waals surface area contributed by atoms with E-state index in [9.17, 15) is 10.1 Å². The van der Waals surface area contributed by atoms with Gasteiger partial charge in [-0.3, -0.25) is 10.1 Å². The van der Waals surface area contributed by atoms with E-state index in [-0.39, 0.29) is 11.4 Å². The molecule has 0 aliphatic carbocycles. The zero-order valence-corrected chi connectivity index (χ0v) is 13.5. The Morgan fingerprint density at radius 3 is 2.38 bits per heavy atom. The quantitative estimate of drug-likeness (QED) is 0.412. The van der Waals surface area contributed by atoms with Crippen molar-refractivity contribution < 1.29 is 9.66 Å². The number of rotatable bonds is 5. The topological polar surface area (TPSA) is 52.4 Å². The van der Waals surface area contributed by atoms with Crippen LogP contribution in [0, 0.1) is 10.1 Å². The molecule has 2 aromatic carbocycles. The third kappa shape index (κ3) is 3.82. The lowest BCUT2D eigenvalue weighted by Crippen LogP contribution is -1.95. The Morgan fingerprint density at radius 2 is 1.86 bits per heavy atom. The third-order valence-electron chi connectivity index (χ3n) is 3.15. The zero-order chi connectivity index (χ0) is 15.4. The molecule has 5 heteroatoms. The van der Waals surface area contributed by atoms with Crippen LogP contribution in [0.4, 0.5) is 5.69 Å². The van der Waals surface area contributed by atoms with E-state index < -0.39 is 4.92 Å². The van der Waals surface area contributed by atoms with Crippen molar-refractivity contribution in [2.45, 2.75) is 25.1 Å². The summed E-state index contributed by atoms with van der Waals surface area (Å²) in [7, 11) is 0. The Balaban J connectivity index is 2.28. The number of hydrogen-bond acceptors (Lipinski definition) is 3. The minimum Gasteiger partial charge on any atom is -0.450 e. The Hall–Kier alpha value is -1.88. The van der Waals surface area contributed by atoms with Gasteiger partial charge in [0.05, 0.1) is 4.92 Å². The van der Waals surface area contributed by atoms with E-state index >= 15 is 0 Å². The lowest BCUT2D eigenvalue weighted by atomic mass is 10.0. The van der Waals surface area contributed by atoms with Crippen LogP contribution in [0.3, 0.4) is 0 Å². The fraction of sp³-hybridized carbons (Fsp3) is 0.250. The number of nitrogens with zero attached hydrogens (tertiary/aromatic N) is 1. The molecule has 0 unspecified atom stereocenters. The lowest BCUT2D eigenvalue weighted by Gasteiger charge is -2.09. The van der Waals surface area contributed by atoms with Crippen molar-refractivity contribution in [1.29, 1.82) is 0 Å². The van der Waals surface area contributed by atoms with E-state index in [0.29, 0.717) is 17.0 Å². The molecule has 0 spiro atoms. The predicted octanol–water partition coefficient (Wildman–Crippen LogP) is 5.41. The van der Waals surface area contributed by atoms with Gasteiger partial charge in [-0.05, 0) is 35.2 Å². The van der Waals surface area contributed by atoms with Gasteiger partial charge in [0.15, 0.2) is 0 Å². The third-order valence-corrected chi connectivity index (χ3v) is 3.80. The maximum Gasteiger partial charge on any atom is 0.311 e. The lowest BCUT2D eigenvalue weighted by molar-refractivity contribution is -0.385. The summed E-state index contributed by atoms with van der Waals surface area (Å²) in [6.07, 6.45) is 0. The first-order valence-electron chi connectivity index (χ1n) is 6.62. The molecule has 110 valence electrons. The normalized spacial score (nSPS) is 10.7. The summed E-state index contributed by atoms with van der Waals surface area (Å²) in [6.45, 7) is 4.22. The van der Waals surface area contributed by atoms with Crippen LogP contribution in [0.25, 0.3) is 0 Å². The SMILES string of the molecule is CC(C)c1ccc(Oc2ccc(CBr)cc2[N+](=O)[O-])cc1. The summed E-state index contributed by atoms with van der Waals surface area (Å²) < 4.78 is 5.65. The standard InChI is InChI=1S/C16H16BrNO3/c1-11(2)13-4-6-14(7-5-13)21-16-8-3-12(10-17)9-15(16)18(19)20/h3-9,11H,10H2,1-2H3. The smallest absolute Gasteiger partial charge is 0.311 e. The van der Waals surface area contributed by atoms with Crippen molar-refractivity contribution in [2.24, 2.45) is 0 Å². The van der Waals surface area contributed by atoms with Gasteiger partial charge >= 0.3 is 5.69 Å². The first-order chi connectivity index (χ1) is 10.0. The molecule has 0 aromatic heterocycles. The summed E-state index contributed by atoms with van der Waals surface area (Å²) in [4.78, 5) is 10.7. The number of hydrogen-bond donors (Lipinski definition) is 0. The van der Waals surface area contributed by atoms with Gasteiger partial charge in [0.2, 0.25) is 5.75 Å². The van der Waals surface area contributed by atoms with Crippen LogP contribution < -0.4 is 4.74 Å². The summed E-state index contributed by atoms with van der Waals surface area (Å²) in [5, 5.41) is 11.7. The van der Waals surface area contributed by atoms with Crippen molar-refractivity contribution in [2.75, 3.05) is 0 Å². The van der Waals surface area contributed by atoms with Crippen molar-refractivity contribution in [3.8, 4) is 11.5 Å². The molecule has 0 fully saturated rings. The highest BCUT2D eigenvalue weighted by Gasteiger charge is 2.16. The minimum absolute atomic E-state index is 0.0279. The predicted molar refractivity (Wildman–Crippen MR) is 86.3 cm³/mol. The van der Waals surface area contributed by atoms with E-state index in [1.165, 1.54) is 11.6 Å². The molecule has 0 aliphatic heterocycles. The second kappa shape index (κ2) is 6.72. The molecule has 0 radical (unpaired) electrons. The molecule has 0 heterocycles. The molecule has 0 aliphatic rings. The number of nitro groups is 1. The monoisotopic (exact) mass is 349 g/mol. The molecule has 0 atom stereocenters. The van der Waals surface area contributed by atoms with Crippen LogP contribution in [0.15, 0.2) is 42.5 Å². The highest BCUT2D eigenvalue weighted by atomic mass is 79.9. The van der Waals surface area contributed by atoms with Crippen molar-refractivity contribution >= 4 is 21.6 Å². The summed E-state index contributed by atoms with van der Waals surface area (Å²) >= 11 is 3.29. The molecule has 0 saturated carbocycles. The molecule has 0 saturated heterocycles. The number of nitro benzene ring substituents is 1. The number of ether oxygens (including phenoxy) is 1. The molecule has 0 amide bonds. The molecule has 2 rings (SSSR count). The van der Waals surface area contributed by atoms with E-state index in [0.717, 1.165) is 5.56 Å². The van der Waals surface area contributed by atoms with Gasteiger partial charge in [0.1, 0.15) is 5.75 Å². The van der Waals surface area contributed by atoms with Crippen LogP contribution in [0.1, 0.15) is 30.9 Å². The van der Waals surface area contributed by atoms with E-state index in [1.807, 2.05) is 24.3 Å². The molecule has 4 nitrogen and oxygen atoms in total. The number of halogens is 1. The zero-order valence-electron chi connectivity index (χ0n) is 11.9. The molecular formula is C16H16BrNO3. The van der Waals surface area contributed by atoms with Crippen LogP contribution >= 0.6 is 15.9 Å². The van der Waals surface area contributed by atoms with Gasteiger partial charge in [0, 0.05) is 11.4 Å². The van der Waals surface area contributed by atoms with Gasteiger partial charge < -0.3 is 4.74 Å². The fourth-order valence-corrected chi connectivity index (χ4v) is 2.27. The van der Waals surface area contributed by atoms with Crippen molar-refractivity contribution in [3.05, 3.63) is 63.7 Å². The Morgan fingerprint density at radius 1 is 1.19 bits per heavy atom. The van der Waals surface area contributed by atoms with Crippen LogP contribution in [-0.4, -0.2) is 4.92 Å². The summed E-state index contributed by atoms with van der Waals surface area (Å²) in [5.41, 5.74) is 2.01. The van der Waals surface area contributed by atoms with Gasteiger partial charge in [-0.2, -0.15) is 0 Å². The molecule has 0 N–H and O–H groups in total. The molecule has 2 aromatic rings. The second-order valence-electron chi connectivity index (χ2n) is 5.02. The van der Waals surface area contributed by atoms with E-state index in [4.69, 9.17) is 4.74 Å². The van der Waals surface area contributed by atoms with Gasteiger partial charge in [-0.1, -0.05) is 48.0 Å². The highest BCUT2D eigenvalue weighted by molar-refractivity contribution is 9.08. The highest BCUT2D eigenvalue weighted by Crippen LogP contribution is 2.33. The molecule has 21 heavy (non-hydrogen) atoms. The first kappa shape index (κ1) is 15.5. The average molecular weight is 350 g/mol. The van der Waals surface area contributed by atoms with Crippen molar-refractivity contribution in [1.82, 2.24) is 0 Å². The van der Waals surface area contributed by atoms with Crippen LogP contribution in [0.2, 0.25) is 0 Å². The van der Waals surface area contributed by atoms with E-state index in [2.05, 4.69) is 29.8 Å². The largest absolute Gasteiger partial charge is 0.450 e. The Bertz CT molecular complexity index is 638. The summed E-state index contributed by atoms with van der Waals surface area (Å²) in [5.74, 6) is 1.28.